The van der Waals surface area contributed by atoms with Gasteiger partial charge in [-0.2, -0.15) is 13.2 Å². The van der Waals surface area contributed by atoms with Gasteiger partial charge in [-0.05, 0) is 29.9 Å². The van der Waals surface area contributed by atoms with E-state index in [4.69, 9.17) is 0 Å². The van der Waals surface area contributed by atoms with Crippen LogP contribution in [0.5, 0.6) is 0 Å². The highest BCUT2D eigenvalue weighted by molar-refractivity contribution is 14.0. The van der Waals surface area contributed by atoms with Crippen LogP contribution in [-0.4, -0.2) is 31.8 Å². The van der Waals surface area contributed by atoms with E-state index in [9.17, 15) is 13.2 Å². The monoisotopic (exact) mass is 485 g/mol. The second kappa shape index (κ2) is 11.0. The average Bonchev–Trinajstić information content (AvgIpc) is 3.29. The smallest absolute Gasteiger partial charge is 0.367 e. The zero-order chi connectivity index (χ0) is 18.3. The van der Waals surface area contributed by atoms with Gasteiger partial charge in [0.05, 0.1) is 6.61 Å². The van der Waals surface area contributed by atoms with E-state index in [0.29, 0.717) is 12.6 Å². The Morgan fingerprint density at radius 3 is 2.46 bits per heavy atom. The molecular formula is C18H27F3IN3O. The molecule has 8 heteroatoms. The third kappa shape index (κ3) is 8.57. The molecule has 0 aromatic heterocycles. The Labute approximate surface area is 170 Å². The van der Waals surface area contributed by atoms with Gasteiger partial charge in [0.2, 0.25) is 0 Å². The predicted molar refractivity (Wildman–Crippen MR) is 108 cm³/mol. The van der Waals surface area contributed by atoms with Crippen LogP contribution in [0.25, 0.3) is 0 Å². The molecule has 2 atom stereocenters. The lowest BCUT2D eigenvalue weighted by molar-refractivity contribution is -0.176. The van der Waals surface area contributed by atoms with Gasteiger partial charge < -0.3 is 15.4 Å². The molecule has 148 valence electrons. The van der Waals surface area contributed by atoms with Gasteiger partial charge in [0.25, 0.3) is 0 Å². The summed E-state index contributed by atoms with van der Waals surface area (Å²) < 4.78 is 40.8. The molecule has 0 heterocycles. The fourth-order valence-electron chi connectivity index (χ4n) is 2.71. The first kappa shape index (κ1) is 23.0. The van der Waals surface area contributed by atoms with E-state index < -0.39 is 12.8 Å². The maximum Gasteiger partial charge on any atom is 0.411 e. The van der Waals surface area contributed by atoms with Crippen LogP contribution in [0.2, 0.25) is 0 Å². The molecule has 0 radical (unpaired) electrons. The summed E-state index contributed by atoms with van der Waals surface area (Å²) in [6.45, 7) is 1.53. The third-order valence-corrected chi connectivity index (χ3v) is 4.15. The summed E-state index contributed by atoms with van der Waals surface area (Å²) in [5.41, 5.74) is 1.75. The molecule has 0 aliphatic heterocycles. The number of hydrogen-bond acceptors (Lipinski definition) is 2. The molecule has 1 aromatic rings. The van der Waals surface area contributed by atoms with Crippen LogP contribution >= 0.6 is 24.0 Å². The Morgan fingerprint density at radius 1 is 1.23 bits per heavy atom. The van der Waals surface area contributed by atoms with Gasteiger partial charge in [-0.3, -0.25) is 4.99 Å². The molecular weight excluding hydrogens is 458 g/mol. The molecule has 26 heavy (non-hydrogen) atoms. The van der Waals surface area contributed by atoms with Gasteiger partial charge in [0.1, 0.15) is 6.61 Å². The normalized spacial score (nSPS) is 19.7. The lowest BCUT2D eigenvalue weighted by Gasteiger charge is -2.12. The number of aliphatic imine (C=N–C) groups is 1. The van der Waals surface area contributed by atoms with Gasteiger partial charge in [0.15, 0.2) is 5.96 Å². The molecule has 1 aliphatic rings. The Morgan fingerprint density at radius 2 is 1.88 bits per heavy atom. The number of hydrogen-bond donors (Lipinski definition) is 2. The fraction of sp³-hybridized carbons (Fsp3) is 0.611. The summed E-state index contributed by atoms with van der Waals surface area (Å²) in [5, 5.41) is 6.67. The molecule has 1 fully saturated rings. The topological polar surface area (TPSA) is 45.7 Å². The van der Waals surface area contributed by atoms with Crippen molar-refractivity contribution in [1.29, 1.82) is 0 Å². The average molecular weight is 485 g/mol. The minimum absolute atomic E-state index is 0. The quantitative estimate of drug-likeness (QED) is 0.329. The van der Waals surface area contributed by atoms with Crippen molar-refractivity contribution < 1.29 is 17.9 Å². The van der Waals surface area contributed by atoms with Crippen molar-refractivity contribution in [3.63, 3.8) is 0 Å². The molecule has 1 aliphatic carbocycles. The Kier molecular flexibility index (Phi) is 9.70. The SMILES string of the molecule is CCCC1CC1NC(=NC)NCc1ccc(COCC(F)(F)F)cc1.I. The number of rotatable bonds is 8. The summed E-state index contributed by atoms with van der Waals surface area (Å²) in [6, 6.07) is 7.83. The molecule has 1 saturated carbocycles. The standard InChI is InChI=1S/C18H26F3N3O.HI/c1-3-4-15-9-16(15)24-17(22-2)23-10-13-5-7-14(8-6-13)11-25-12-18(19,20)21;/h5-8,15-16H,3-4,9-12H2,1-2H3,(H2,22,23,24);1H. The number of nitrogens with one attached hydrogen (secondary N) is 2. The van der Waals surface area contributed by atoms with E-state index in [1.807, 2.05) is 12.1 Å². The summed E-state index contributed by atoms with van der Waals surface area (Å²) in [6.07, 6.45) is -0.647. The molecule has 0 amide bonds. The molecule has 1 aromatic carbocycles. The minimum atomic E-state index is -4.29. The van der Waals surface area contributed by atoms with Crippen LogP contribution < -0.4 is 10.6 Å². The first-order valence-electron chi connectivity index (χ1n) is 8.60. The van der Waals surface area contributed by atoms with Crippen LogP contribution in [0.3, 0.4) is 0 Å². The molecule has 2 rings (SSSR count). The lowest BCUT2D eigenvalue weighted by Crippen LogP contribution is -2.38. The summed E-state index contributed by atoms with van der Waals surface area (Å²) in [7, 11) is 1.74. The van der Waals surface area contributed by atoms with Crippen molar-refractivity contribution in [1.82, 2.24) is 10.6 Å². The van der Waals surface area contributed by atoms with E-state index in [0.717, 1.165) is 23.0 Å². The van der Waals surface area contributed by atoms with Crippen molar-refractivity contribution in [3.05, 3.63) is 35.4 Å². The van der Waals surface area contributed by atoms with E-state index in [2.05, 4.69) is 27.3 Å². The number of alkyl halides is 3. The molecule has 2 N–H and O–H groups in total. The Hall–Kier alpha value is -1.03. The predicted octanol–water partition coefficient (Wildman–Crippen LogP) is 4.24. The maximum absolute atomic E-state index is 12.0. The van der Waals surface area contributed by atoms with Crippen LogP contribution in [0, 0.1) is 5.92 Å². The Balaban J connectivity index is 0.00000338. The van der Waals surface area contributed by atoms with Crippen molar-refractivity contribution in [2.24, 2.45) is 10.9 Å². The molecule has 4 nitrogen and oxygen atoms in total. The lowest BCUT2D eigenvalue weighted by atomic mass is 10.1. The fourth-order valence-corrected chi connectivity index (χ4v) is 2.71. The van der Waals surface area contributed by atoms with Crippen molar-refractivity contribution in [2.75, 3.05) is 13.7 Å². The minimum Gasteiger partial charge on any atom is -0.367 e. The van der Waals surface area contributed by atoms with Crippen LogP contribution in [0.4, 0.5) is 13.2 Å². The zero-order valence-electron chi connectivity index (χ0n) is 15.1. The largest absolute Gasteiger partial charge is 0.411 e. The highest BCUT2D eigenvalue weighted by Crippen LogP contribution is 2.34. The summed E-state index contributed by atoms with van der Waals surface area (Å²) >= 11 is 0. The second-order valence-corrected chi connectivity index (χ2v) is 6.39. The van der Waals surface area contributed by atoms with Gasteiger partial charge in [0, 0.05) is 19.6 Å². The Bertz CT molecular complexity index is 564. The summed E-state index contributed by atoms with van der Waals surface area (Å²) in [4.78, 5) is 4.23. The molecule has 0 saturated heterocycles. The number of ether oxygens (including phenoxy) is 1. The number of guanidine groups is 1. The number of benzene rings is 1. The van der Waals surface area contributed by atoms with Gasteiger partial charge in [-0.25, -0.2) is 0 Å². The third-order valence-electron chi connectivity index (χ3n) is 4.15. The highest BCUT2D eigenvalue weighted by atomic mass is 127. The van der Waals surface area contributed by atoms with E-state index in [-0.39, 0.29) is 30.6 Å². The summed E-state index contributed by atoms with van der Waals surface area (Å²) in [5.74, 6) is 1.53. The van der Waals surface area contributed by atoms with Crippen LogP contribution in [0.1, 0.15) is 37.3 Å². The first-order chi connectivity index (χ1) is 11.9. The number of nitrogens with zero attached hydrogens (tertiary/aromatic N) is 1. The van der Waals surface area contributed by atoms with Crippen molar-refractivity contribution >= 4 is 29.9 Å². The van der Waals surface area contributed by atoms with Gasteiger partial charge in [-0.15, -0.1) is 24.0 Å². The first-order valence-corrected chi connectivity index (χ1v) is 8.60. The van der Waals surface area contributed by atoms with Gasteiger partial charge >= 0.3 is 6.18 Å². The number of halogens is 4. The van der Waals surface area contributed by atoms with Crippen molar-refractivity contribution in [3.8, 4) is 0 Å². The zero-order valence-corrected chi connectivity index (χ0v) is 17.4. The van der Waals surface area contributed by atoms with Crippen LogP contribution in [0.15, 0.2) is 29.3 Å². The maximum atomic E-state index is 12.0. The van der Waals surface area contributed by atoms with Crippen LogP contribution in [-0.2, 0) is 17.9 Å². The van der Waals surface area contributed by atoms with E-state index in [1.54, 1.807) is 19.2 Å². The molecule has 2 unspecified atom stereocenters. The molecule has 0 spiro atoms. The van der Waals surface area contributed by atoms with E-state index in [1.165, 1.54) is 19.3 Å². The highest BCUT2D eigenvalue weighted by Gasteiger charge is 2.36. The van der Waals surface area contributed by atoms with Crippen molar-refractivity contribution in [2.45, 2.75) is 51.6 Å². The molecule has 0 bridgehead atoms. The van der Waals surface area contributed by atoms with Gasteiger partial charge in [-0.1, -0.05) is 37.6 Å². The second-order valence-electron chi connectivity index (χ2n) is 6.39. The van der Waals surface area contributed by atoms with E-state index >= 15 is 0 Å².